The van der Waals surface area contributed by atoms with E-state index in [1.807, 2.05) is 33.0 Å². The number of rotatable bonds is 5. The number of anilines is 1. The second-order valence-corrected chi connectivity index (χ2v) is 5.51. The molecule has 106 valence electrons. The van der Waals surface area contributed by atoms with Crippen LogP contribution in [0.5, 0.6) is 0 Å². The van der Waals surface area contributed by atoms with Crippen LogP contribution in [0.3, 0.4) is 0 Å². The molecule has 0 aliphatic carbocycles. The van der Waals surface area contributed by atoms with Gasteiger partial charge in [-0.3, -0.25) is 4.98 Å². The highest BCUT2D eigenvalue weighted by atomic mass is 16.6. The Morgan fingerprint density at radius 2 is 2.11 bits per heavy atom. The van der Waals surface area contributed by atoms with Gasteiger partial charge in [0.1, 0.15) is 5.60 Å². The molecule has 0 atom stereocenters. The van der Waals surface area contributed by atoms with Crippen molar-refractivity contribution in [2.45, 2.75) is 45.6 Å². The second kappa shape index (κ2) is 6.97. The van der Waals surface area contributed by atoms with Crippen LogP contribution in [0.4, 0.5) is 10.5 Å². The molecule has 5 heteroatoms. The Kier molecular flexibility index (Phi) is 5.60. The summed E-state index contributed by atoms with van der Waals surface area (Å²) in [6, 6.07) is 1.92. The van der Waals surface area contributed by atoms with Crippen LogP contribution >= 0.6 is 0 Å². The number of nitrogens with zero attached hydrogens (tertiary/aromatic N) is 1. The minimum atomic E-state index is -0.447. The minimum Gasteiger partial charge on any atom is -0.444 e. The maximum absolute atomic E-state index is 11.4. The fraction of sp³-hybridized carbons (Fsp3) is 0.571. The van der Waals surface area contributed by atoms with Gasteiger partial charge in [-0.2, -0.15) is 0 Å². The van der Waals surface area contributed by atoms with Crippen LogP contribution in [0, 0.1) is 0 Å². The molecule has 1 aromatic rings. The van der Waals surface area contributed by atoms with E-state index in [1.54, 1.807) is 6.20 Å². The van der Waals surface area contributed by atoms with Crippen molar-refractivity contribution in [2.24, 2.45) is 0 Å². The Labute approximate surface area is 114 Å². The van der Waals surface area contributed by atoms with Crippen LogP contribution in [0.25, 0.3) is 0 Å². The quantitative estimate of drug-likeness (QED) is 0.802. The van der Waals surface area contributed by atoms with Crippen molar-refractivity contribution in [3.05, 3.63) is 24.0 Å². The third-order valence-corrected chi connectivity index (χ3v) is 2.38. The van der Waals surface area contributed by atoms with E-state index in [0.29, 0.717) is 12.2 Å². The summed E-state index contributed by atoms with van der Waals surface area (Å²) in [5.41, 5.74) is 7.01. The number of carbonyl (C=O) groups excluding carboxylic acids is 1. The molecule has 5 nitrogen and oxygen atoms in total. The smallest absolute Gasteiger partial charge is 0.407 e. The highest BCUT2D eigenvalue weighted by Crippen LogP contribution is 2.08. The first-order chi connectivity index (χ1) is 8.87. The summed E-state index contributed by atoms with van der Waals surface area (Å²) in [5, 5.41) is 2.74. The third kappa shape index (κ3) is 7.28. The van der Waals surface area contributed by atoms with Crippen LogP contribution in [0.1, 0.15) is 39.2 Å². The summed E-state index contributed by atoms with van der Waals surface area (Å²) in [7, 11) is 0. The number of amides is 1. The summed E-state index contributed by atoms with van der Waals surface area (Å²) >= 11 is 0. The van der Waals surface area contributed by atoms with E-state index in [-0.39, 0.29) is 6.09 Å². The molecule has 1 amide bonds. The van der Waals surface area contributed by atoms with Crippen molar-refractivity contribution in [3.63, 3.8) is 0 Å². The first-order valence-corrected chi connectivity index (χ1v) is 6.53. The molecular weight excluding hydrogens is 242 g/mol. The van der Waals surface area contributed by atoms with Crippen molar-refractivity contribution in [2.75, 3.05) is 12.3 Å². The number of nitrogens with two attached hydrogens (primary N) is 1. The molecule has 0 spiro atoms. The summed E-state index contributed by atoms with van der Waals surface area (Å²) in [4.78, 5) is 15.4. The van der Waals surface area contributed by atoms with Crippen LogP contribution in [-0.2, 0) is 11.2 Å². The lowest BCUT2D eigenvalue weighted by Gasteiger charge is -2.19. The van der Waals surface area contributed by atoms with Crippen LogP contribution in [0.15, 0.2) is 18.5 Å². The lowest BCUT2D eigenvalue weighted by molar-refractivity contribution is 0.0527. The Morgan fingerprint density at radius 1 is 1.37 bits per heavy atom. The summed E-state index contributed by atoms with van der Waals surface area (Å²) < 4.78 is 5.14. The minimum absolute atomic E-state index is 0.363. The third-order valence-electron chi connectivity index (χ3n) is 2.38. The molecule has 19 heavy (non-hydrogen) atoms. The molecule has 0 radical (unpaired) electrons. The van der Waals surface area contributed by atoms with Crippen LogP contribution in [0.2, 0.25) is 0 Å². The zero-order valence-corrected chi connectivity index (χ0v) is 11.9. The number of hydrogen-bond acceptors (Lipinski definition) is 4. The molecule has 0 saturated carbocycles. The van der Waals surface area contributed by atoms with Crippen LogP contribution < -0.4 is 11.1 Å². The number of ether oxygens (including phenoxy) is 1. The van der Waals surface area contributed by atoms with Crippen molar-refractivity contribution < 1.29 is 9.53 Å². The SMILES string of the molecule is CC(C)(C)OC(=O)NCCCCc1cncc(N)c1. The fourth-order valence-electron chi connectivity index (χ4n) is 1.60. The van der Waals surface area contributed by atoms with Gasteiger partial charge in [-0.15, -0.1) is 0 Å². The molecule has 1 aromatic heterocycles. The standard InChI is InChI=1S/C14H23N3O2/c1-14(2,3)19-13(18)17-7-5-4-6-11-8-12(15)10-16-9-11/h8-10H,4-7,15H2,1-3H3,(H,17,18). The average Bonchev–Trinajstić information content (AvgIpc) is 2.26. The Bertz CT molecular complexity index is 413. The van der Waals surface area contributed by atoms with Gasteiger partial charge >= 0.3 is 6.09 Å². The van der Waals surface area contributed by atoms with E-state index in [1.165, 1.54) is 0 Å². The molecule has 1 heterocycles. The molecule has 0 fully saturated rings. The van der Waals surface area contributed by atoms with E-state index in [4.69, 9.17) is 10.5 Å². The van der Waals surface area contributed by atoms with Gasteiger partial charge in [-0.05, 0) is 51.7 Å². The molecular formula is C14H23N3O2. The monoisotopic (exact) mass is 265 g/mol. The molecule has 0 bridgehead atoms. The molecule has 0 aliphatic rings. The summed E-state index contributed by atoms with van der Waals surface area (Å²) in [5.74, 6) is 0. The highest BCUT2D eigenvalue weighted by molar-refractivity contribution is 5.67. The van der Waals surface area contributed by atoms with E-state index < -0.39 is 5.60 Å². The maximum Gasteiger partial charge on any atom is 0.407 e. The van der Waals surface area contributed by atoms with Crippen molar-refractivity contribution >= 4 is 11.8 Å². The molecule has 0 unspecified atom stereocenters. The average molecular weight is 265 g/mol. The maximum atomic E-state index is 11.4. The first-order valence-electron chi connectivity index (χ1n) is 6.53. The number of nitrogen functional groups attached to an aromatic ring is 1. The van der Waals surface area contributed by atoms with Gasteiger partial charge in [-0.25, -0.2) is 4.79 Å². The predicted molar refractivity (Wildman–Crippen MR) is 75.8 cm³/mol. The summed E-state index contributed by atoms with van der Waals surface area (Å²) in [6.45, 7) is 6.16. The summed E-state index contributed by atoms with van der Waals surface area (Å²) in [6.07, 6.45) is 5.87. The number of nitrogens with one attached hydrogen (secondary N) is 1. The van der Waals surface area contributed by atoms with Gasteiger partial charge in [0.05, 0.1) is 5.69 Å². The zero-order chi connectivity index (χ0) is 14.3. The largest absolute Gasteiger partial charge is 0.444 e. The molecule has 1 rings (SSSR count). The topological polar surface area (TPSA) is 77.2 Å². The number of unbranched alkanes of at least 4 members (excludes halogenated alkanes) is 1. The fourth-order valence-corrected chi connectivity index (χ4v) is 1.60. The molecule has 0 aliphatic heterocycles. The molecule has 3 N–H and O–H groups in total. The highest BCUT2D eigenvalue weighted by Gasteiger charge is 2.15. The second-order valence-electron chi connectivity index (χ2n) is 5.51. The van der Waals surface area contributed by atoms with Crippen molar-refractivity contribution in [1.82, 2.24) is 10.3 Å². The first kappa shape index (κ1) is 15.3. The van der Waals surface area contributed by atoms with Crippen molar-refractivity contribution in [1.29, 1.82) is 0 Å². The van der Waals surface area contributed by atoms with E-state index >= 15 is 0 Å². The molecule has 0 saturated heterocycles. The van der Waals surface area contributed by atoms with E-state index in [0.717, 1.165) is 24.8 Å². The number of aryl methyl sites for hydroxylation is 1. The van der Waals surface area contributed by atoms with Crippen molar-refractivity contribution in [3.8, 4) is 0 Å². The zero-order valence-electron chi connectivity index (χ0n) is 11.9. The van der Waals surface area contributed by atoms with Gasteiger partial charge in [0.15, 0.2) is 0 Å². The molecule has 0 aromatic carbocycles. The van der Waals surface area contributed by atoms with Gasteiger partial charge in [-0.1, -0.05) is 0 Å². The number of hydrogen-bond donors (Lipinski definition) is 2. The number of alkyl carbamates (subject to hydrolysis) is 1. The van der Waals surface area contributed by atoms with Crippen LogP contribution in [-0.4, -0.2) is 23.2 Å². The van der Waals surface area contributed by atoms with E-state index in [2.05, 4.69) is 10.3 Å². The van der Waals surface area contributed by atoms with Gasteiger partial charge < -0.3 is 15.8 Å². The normalized spacial score (nSPS) is 11.1. The number of aromatic nitrogens is 1. The number of carbonyl (C=O) groups is 1. The lowest BCUT2D eigenvalue weighted by atomic mass is 10.1. The Hall–Kier alpha value is -1.78. The van der Waals surface area contributed by atoms with Gasteiger partial charge in [0, 0.05) is 18.9 Å². The number of pyridine rings is 1. The predicted octanol–water partition coefficient (Wildman–Crippen LogP) is 2.51. The van der Waals surface area contributed by atoms with Gasteiger partial charge in [0.25, 0.3) is 0 Å². The Morgan fingerprint density at radius 3 is 2.74 bits per heavy atom. The van der Waals surface area contributed by atoms with E-state index in [9.17, 15) is 4.79 Å². The lowest BCUT2D eigenvalue weighted by Crippen LogP contribution is -2.33. The Balaban J connectivity index is 2.13. The van der Waals surface area contributed by atoms with Gasteiger partial charge in [0.2, 0.25) is 0 Å².